The molecular weight excluding hydrogens is 280 g/mol. The Morgan fingerprint density at radius 1 is 1.18 bits per heavy atom. The van der Waals surface area contributed by atoms with Crippen LogP contribution in [-0.4, -0.2) is 31.9 Å². The Kier molecular flexibility index (Phi) is 8.55. The Bertz CT molecular complexity index is 447. The van der Waals surface area contributed by atoms with E-state index in [0.717, 1.165) is 11.3 Å². The number of hydrogen-bond acceptors (Lipinski definition) is 3. The summed E-state index contributed by atoms with van der Waals surface area (Å²) in [5.74, 6) is 0.429. The molecule has 1 aromatic carbocycles. The van der Waals surface area contributed by atoms with E-state index in [1.165, 1.54) is 0 Å². The summed E-state index contributed by atoms with van der Waals surface area (Å²) < 4.78 is 11.0. The molecule has 0 aliphatic carbocycles. The molecule has 0 atom stereocenters. The van der Waals surface area contributed by atoms with Crippen molar-refractivity contribution >= 4 is 11.7 Å². The lowest BCUT2D eigenvalue weighted by Crippen LogP contribution is -2.31. The molecule has 0 saturated heterocycles. The molecular formula is C17H28N2O3. The van der Waals surface area contributed by atoms with Gasteiger partial charge in [0.25, 0.3) is 0 Å². The minimum Gasteiger partial charge on any atom is -0.376 e. The highest BCUT2D eigenvalue weighted by atomic mass is 16.5. The van der Waals surface area contributed by atoms with E-state index in [1.807, 2.05) is 38.1 Å². The van der Waals surface area contributed by atoms with Crippen LogP contribution < -0.4 is 10.6 Å². The minimum absolute atomic E-state index is 0.183. The standard InChI is InChI=1S/C17H28N2O3/c1-13(2)11-18-17(20)19-16-7-5-6-15(10-16)12-21-8-9-22-14(3)4/h5-7,10,13-14H,8-9,11-12H2,1-4H3,(H2,18,19,20). The largest absolute Gasteiger partial charge is 0.376 e. The van der Waals surface area contributed by atoms with E-state index in [0.29, 0.717) is 32.3 Å². The highest BCUT2D eigenvalue weighted by molar-refractivity contribution is 5.89. The van der Waals surface area contributed by atoms with Gasteiger partial charge >= 0.3 is 6.03 Å². The summed E-state index contributed by atoms with van der Waals surface area (Å²) in [5, 5.41) is 5.65. The Balaban J connectivity index is 2.34. The number of hydrogen-bond donors (Lipinski definition) is 2. The van der Waals surface area contributed by atoms with Gasteiger partial charge in [0.1, 0.15) is 0 Å². The van der Waals surface area contributed by atoms with Gasteiger partial charge in [-0.25, -0.2) is 4.79 Å². The molecule has 22 heavy (non-hydrogen) atoms. The summed E-state index contributed by atoms with van der Waals surface area (Å²) in [6.45, 7) is 10.4. The number of amides is 2. The first-order valence-electron chi connectivity index (χ1n) is 7.80. The monoisotopic (exact) mass is 308 g/mol. The molecule has 0 bridgehead atoms. The number of rotatable bonds is 9. The Morgan fingerprint density at radius 2 is 1.95 bits per heavy atom. The van der Waals surface area contributed by atoms with Gasteiger partial charge in [-0.2, -0.15) is 0 Å². The molecule has 0 heterocycles. The second-order valence-electron chi connectivity index (χ2n) is 5.90. The number of urea groups is 1. The third kappa shape index (κ3) is 8.64. The summed E-state index contributed by atoms with van der Waals surface area (Å²) in [5.41, 5.74) is 1.78. The molecule has 0 unspecified atom stereocenters. The zero-order valence-corrected chi connectivity index (χ0v) is 14.0. The van der Waals surface area contributed by atoms with E-state index in [1.54, 1.807) is 0 Å². The first-order valence-corrected chi connectivity index (χ1v) is 7.80. The van der Waals surface area contributed by atoms with Crippen LogP contribution in [0.5, 0.6) is 0 Å². The summed E-state index contributed by atoms with van der Waals surface area (Å²) in [7, 11) is 0. The Hall–Kier alpha value is -1.59. The maximum absolute atomic E-state index is 11.7. The van der Waals surface area contributed by atoms with Gasteiger partial charge in [-0.15, -0.1) is 0 Å². The van der Waals surface area contributed by atoms with Gasteiger partial charge in [-0.05, 0) is 37.5 Å². The molecule has 0 radical (unpaired) electrons. The average Bonchev–Trinajstić information content (AvgIpc) is 2.45. The first-order chi connectivity index (χ1) is 10.5. The highest BCUT2D eigenvalue weighted by Crippen LogP contribution is 2.11. The van der Waals surface area contributed by atoms with Crippen LogP contribution in [0.2, 0.25) is 0 Å². The van der Waals surface area contributed by atoms with Crippen molar-refractivity contribution in [2.45, 2.75) is 40.4 Å². The van der Waals surface area contributed by atoms with E-state index < -0.39 is 0 Å². The van der Waals surface area contributed by atoms with Crippen molar-refractivity contribution in [1.82, 2.24) is 5.32 Å². The van der Waals surface area contributed by atoms with Gasteiger partial charge in [-0.3, -0.25) is 0 Å². The van der Waals surface area contributed by atoms with Crippen molar-refractivity contribution < 1.29 is 14.3 Å². The van der Waals surface area contributed by atoms with Crippen LogP contribution in [0.1, 0.15) is 33.3 Å². The van der Waals surface area contributed by atoms with Gasteiger partial charge < -0.3 is 20.1 Å². The summed E-state index contributed by atoms with van der Waals surface area (Å²) in [4.78, 5) is 11.7. The van der Waals surface area contributed by atoms with Gasteiger partial charge in [0.05, 0.1) is 25.9 Å². The fourth-order valence-electron chi connectivity index (χ4n) is 1.74. The number of carbonyl (C=O) groups excluding carboxylic acids is 1. The number of benzene rings is 1. The van der Waals surface area contributed by atoms with Crippen molar-refractivity contribution in [2.75, 3.05) is 25.1 Å². The van der Waals surface area contributed by atoms with Crippen LogP contribution in [-0.2, 0) is 16.1 Å². The number of anilines is 1. The van der Waals surface area contributed by atoms with Crippen molar-refractivity contribution in [1.29, 1.82) is 0 Å². The molecule has 124 valence electrons. The van der Waals surface area contributed by atoms with E-state index in [-0.39, 0.29) is 12.1 Å². The Morgan fingerprint density at radius 3 is 2.64 bits per heavy atom. The van der Waals surface area contributed by atoms with Crippen LogP contribution in [0.4, 0.5) is 10.5 Å². The van der Waals surface area contributed by atoms with Crippen molar-refractivity contribution in [3.8, 4) is 0 Å². The van der Waals surface area contributed by atoms with Gasteiger partial charge in [0, 0.05) is 12.2 Å². The van der Waals surface area contributed by atoms with E-state index >= 15 is 0 Å². The summed E-state index contributed by atoms with van der Waals surface area (Å²) in [6.07, 6.45) is 0.223. The van der Waals surface area contributed by atoms with Crippen LogP contribution in [0.15, 0.2) is 24.3 Å². The molecule has 0 aliphatic heterocycles. The van der Waals surface area contributed by atoms with Crippen LogP contribution in [0.3, 0.4) is 0 Å². The quantitative estimate of drug-likeness (QED) is 0.687. The van der Waals surface area contributed by atoms with Crippen LogP contribution in [0.25, 0.3) is 0 Å². The molecule has 0 spiro atoms. The highest BCUT2D eigenvalue weighted by Gasteiger charge is 2.03. The summed E-state index contributed by atoms with van der Waals surface area (Å²) in [6, 6.07) is 7.47. The third-order valence-corrected chi connectivity index (χ3v) is 2.80. The smallest absolute Gasteiger partial charge is 0.319 e. The number of carbonyl (C=O) groups is 1. The summed E-state index contributed by atoms with van der Waals surface area (Å²) >= 11 is 0. The molecule has 2 amide bonds. The van der Waals surface area contributed by atoms with E-state index in [4.69, 9.17) is 9.47 Å². The van der Waals surface area contributed by atoms with Crippen molar-refractivity contribution in [3.05, 3.63) is 29.8 Å². The van der Waals surface area contributed by atoms with E-state index in [9.17, 15) is 4.79 Å². The van der Waals surface area contributed by atoms with Gasteiger partial charge in [-0.1, -0.05) is 26.0 Å². The zero-order chi connectivity index (χ0) is 16.4. The predicted molar refractivity (Wildman–Crippen MR) is 89.0 cm³/mol. The first kappa shape index (κ1) is 18.5. The number of nitrogens with one attached hydrogen (secondary N) is 2. The lowest BCUT2D eigenvalue weighted by atomic mass is 10.2. The van der Waals surface area contributed by atoms with Gasteiger partial charge in [0.2, 0.25) is 0 Å². The number of ether oxygens (including phenoxy) is 2. The molecule has 0 saturated carbocycles. The zero-order valence-electron chi connectivity index (χ0n) is 14.0. The topological polar surface area (TPSA) is 59.6 Å². The molecule has 0 aliphatic rings. The molecule has 5 nitrogen and oxygen atoms in total. The molecule has 0 aromatic heterocycles. The second kappa shape index (κ2) is 10.2. The second-order valence-corrected chi connectivity index (χ2v) is 5.90. The van der Waals surface area contributed by atoms with Crippen molar-refractivity contribution in [3.63, 3.8) is 0 Å². The van der Waals surface area contributed by atoms with E-state index in [2.05, 4.69) is 24.5 Å². The fourth-order valence-corrected chi connectivity index (χ4v) is 1.74. The average molecular weight is 308 g/mol. The third-order valence-electron chi connectivity index (χ3n) is 2.80. The molecule has 1 rings (SSSR count). The van der Waals surface area contributed by atoms with Crippen LogP contribution >= 0.6 is 0 Å². The maximum Gasteiger partial charge on any atom is 0.319 e. The minimum atomic E-state index is -0.183. The molecule has 5 heteroatoms. The predicted octanol–water partition coefficient (Wildman–Crippen LogP) is 3.41. The molecule has 1 aromatic rings. The molecule has 2 N–H and O–H groups in total. The lowest BCUT2D eigenvalue weighted by molar-refractivity contribution is 0.0143. The fraction of sp³-hybridized carbons (Fsp3) is 0.588. The van der Waals surface area contributed by atoms with Gasteiger partial charge in [0.15, 0.2) is 0 Å². The lowest BCUT2D eigenvalue weighted by Gasteiger charge is -2.11. The SMILES string of the molecule is CC(C)CNC(=O)Nc1cccc(COCCOC(C)C)c1. The normalized spacial score (nSPS) is 11.0. The maximum atomic E-state index is 11.7. The van der Waals surface area contributed by atoms with Crippen molar-refractivity contribution in [2.24, 2.45) is 5.92 Å². The Labute approximate surface area is 133 Å². The van der Waals surface area contributed by atoms with Crippen LogP contribution in [0, 0.1) is 5.92 Å². The molecule has 0 fully saturated rings.